The van der Waals surface area contributed by atoms with Gasteiger partial charge in [0.2, 0.25) is 0 Å². The molecule has 0 aliphatic heterocycles. The molecule has 0 aliphatic carbocycles. The molecule has 3 heteroatoms. The van der Waals surface area contributed by atoms with Crippen molar-refractivity contribution in [2.75, 3.05) is 14.2 Å². The number of hydrogen-bond donors (Lipinski definition) is 0. The van der Waals surface area contributed by atoms with Gasteiger partial charge in [-0.25, -0.2) is 0 Å². The summed E-state index contributed by atoms with van der Waals surface area (Å²) in [6.45, 7) is 0. The van der Waals surface area contributed by atoms with E-state index >= 15 is 0 Å². The first-order valence-corrected chi connectivity index (χ1v) is 4.19. The molecule has 11 heavy (non-hydrogen) atoms. The van der Waals surface area contributed by atoms with E-state index in [1.807, 2.05) is 24.3 Å². The SMILES string of the molecule is COC.Clc1cccc(Br)c1. The molecular weight excluding hydrogens is 227 g/mol. The number of hydrogen-bond acceptors (Lipinski definition) is 1. The summed E-state index contributed by atoms with van der Waals surface area (Å²) in [6, 6.07) is 7.52. The first kappa shape index (κ1) is 11.0. The maximum Gasteiger partial charge on any atom is 0.0417 e. The van der Waals surface area contributed by atoms with Crippen LogP contribution in [0.3, 0.4) is 0 Å². The summed E-state index contributed by atoms with van der Waals surface area (Å²) in [4.78, 5) is 0. The van der Waals surface area contributed by atoms with Gasteiger partial charge in [-0.1, -0.05) is 33.6 Å². The summed E-state index contributed by atoms with van der Waals surface area (Å²) in [6.07, 6.45) is 0. The molecule has 0 fully saturated rings. The molecule has 0 N–H and O–H groups in total. The Bertz CT molecular complexity index is 186. The van der Waals surface area contributed by atoms with Crippen LogP contribution in [0.15, 0.2) is 28.7 Å². The highest BCUT2D eigenvalue weighted by Gasteiger charge is 1.84. The topological polar surface area (TPSA) is 9.23 Å². The van der Waals surface area contributed by atoms with Gasteiger partial charge in [-0.05, 0) is 18.2 Å². The highest BCUT2D eigenvalue weighted by Crippen LogP contribution is 2.14. The lowest BCUT2D eigenvalue weighted by Crippen LogP contribution is -1.61. The Morgan fingerprint density at radius 1 is 1.36 bits per heavy atom. The number of ether oxygens (including phenoxy) is 1. The van der Waals surface area contributed by atoms with E-state index in [0.29, 0.717) is 0 Å². The Morgan fingerprint density at radius 3 is 2.18 bits per heavy atom. The Kier molecular flexibility index (Phi) is 6.62. The Hall–Kier alpha value is -0.0500. The molecule has 1 aromatic carbocycles. The molecule has 0 bridgehead atoms. The van der Waals surface area contributed by atoms with Crippen molar-refractivity contribution in [2.45, 2.75) is 0 Å². The van der Waals surface area contributed by atoms with Crippen molar-refractivity contribution in [1.82, 2.24) is 0 Å². The zero-order valence-electron chi connectivity index (χ0n) is 6.47. The maximum atomic E-state index is 5.61. The second-order valence-corrected chi connectivity index (χ2v) is 3.20. The van der Waals surface area contributed by atoms with Gasteiger partial charge in [0, 0.05) is 23.7 Å². The average Bonchev–Trinajstić information content (AvgIpc) is 1.88. The predicted molar refractivity (Wildman–Crippen MR) is 52.1 cm³/mol. The fourth-order valence-corrected chi connectivity index (χ4v) is 1.18. The lowest BCUT2D eigenvalue weighted by Gasteiger charge is -1.87. The van der Waals surface area contributed by atoms with Crippen molar-refractivity contribution in [3.63, 3.8) is 0 Å². The minimum atomic E-state index is 0.763. The van der Waals surface area contributed by atoms with Gasteiger partial charge in [-0.3, -0.25) is 0 Å². The molecule has 0 amide bonds. The molecule has 1 nitrogen and oxygen atoms in total. The van der Waals surface area contributed by atoms with Gasteiger partial charge < -0.3 is 4.74 Å². The molecule has 0 saturated heterocycles. The second kappa shape index (κ2) is 6.65. The number of rotatable bonds is 0. The van der Waals surface area contributed by atoms with Crippen LogP contribution in [0.2, 0.25) is 5.02 Å². The summed E-state index contributed by atoms with van der Waals surface area (Å²) in [7, 11) is 3.25. The number of halogens is 2. The van der Waals surface area contributed by atoms with Crippen LogP contribution in [0.5, 0.6) is 0 Å². The molecule has 1 rings (SSSR count). The van der Waals surface area contributed by atoms with Crippen molar-refractivity contribution < 1.29 is 4.74 Å². The van der Waals surface area contributed by atoms with Crippen LogP contribution in [-0.4, -0.2) is 14.2 Å². The van der Waals surface area contributed by atoms with Gasteiger partial charge in [0.15, 0.2) is 0 Å². The van der Waals surface area contributed by atoms with Gasteiger partial charge >= 0.3 is 0 Å². The van der Waals surface area contributed by atoms with Crippen molar-refractivity contribution in [3.05, 3.63) is 33.8 Å². The normalized spacial score (nSPS) is 8.36. The zero-order valence-corrected chi connectivity index (χ0v) is 8.82. The minimum absolute atomic E-state index is 0.763. The molecule has 62 valence electrons. The van der Waals surface area contributed by atoms with E-state index in [9.17, 15) is 0 Å². The van der Waals surface area contributed by atoms with Gasteiger partial charge in [-0.2, -0.15) is 0 Å². The molecule has 0 atom stereocenters. The molecule has 1 aromatic rings. The quantitative estimate of drug-likeness (QED) is 0.672. The first-order chi connectivity index (χ1) is 5.20. The smallest absolute Gasteiger partial charge is 0.0417 e. The molecule has 0 radical (unpaired) electrons. The molecule has 0 spiro atoms. The summed E-state index contributed by atoms with van der Waals surface area (Å²) < 4.78 is 5.27. The van der Waals surface area contributed by atoms with E-state index in [-0.39, 0.29) is 0 Å². The average molecular weight is 238 g/mol. The summed E-state index contributed by atoms with van der Waals surface area (Å²) in [5.41, 5.74) is 0. The fraction of sp³-hybridized carbons (Fsp3) is 0.250. The molecular formula is C8H10BrClO. The van der Waals surface area contributed by atoms with Gasteiger partial charge in [0.05, 0.1) is 0 Å². The summed E-state index contributed by atoms with van der Waals surface area (Å²) in [5, 5.41) is 0.763. The first-order valence-electron chi connectivity index (χ1n) is 3.02. The van der Waals surface area contributed by atoms with Gasteiger partial charge in [0.1, 0.15) is 0 Å². The van der Waals surface area contributed by atoms with E-state index in [1.165, 1.54) is 0 Å². The zero-order chi connectivity index (χ0) is 8.69. The highest BCUT2D eigenvalue weighted by atomic mass is 79.9. The minimum Gasteiger partial charge on any atom is -0.388 e. The third-order valence-electron chi connectivity index (χ3n) is 0.787. The lowest BCUT2D eigenvalue weighted by atomic mass is 10.4. The third kappa shape index (κ3) is 6.35. The van der Waals surface area contributed by atoms with Crippen LogP contribution in [0.1, 0.15) is 0 Å². The molecule has 0 aromatic heterocycles. The summed E-state index contributed by atoms with van der Waals surface area (Å²) in [5.74, 6) is 0. The van der Waals surface area contributed by atoms with Crippen molar-refractivity contribution in [1.29, 1.82) is 0 Å². The van der Waals surface area contributed by atoms with E-state index in [4.69, 9.17) is 11.6 Å². The lowest BCUT2D eigenvalue weighted by molar-refractivity contribution is 0.277. The van der Waals surface area contributed by atoms with Crippen molar-refractivity contribution >= 4 is 27.5 Å². The standard InChI is InChI=1S/C6H4BrCl.C2H6O/c7-5-2-1-3-6(8)4-5;1-3-2/h1-4H;1-2H3. The van der Waals surface area contributed by atoms with Crippen molar-refractivity contribution in [2.24, 2.45) is 0 Å². The fourth-order valence-electron chi connectivity index (χ4n) is 0.460. The molecule has 0 saturated carbocycles. The van der Waals surface area contributed by atoms with Crippen molar-refractivity contribution in [3.8, 4) is 0 Å². The van der Waals surface area contributed by atoms with Crippen LogP contribution in [0, 0.1) is 0 Å². The van der Waals surface area contributed by atoms with E-state index < -0.39 is 0 Å². The van der Waals surface area contributed by atoms with E-state index in [0.717, 1.165) is 9.50 Å². The third-order valence-corrected chi connectivity index (χ3v) is 1.52. The van der Waals surface area contributed by atoms with E-state index in [1.54, 1.807) is 14.2 Å². The van der Waals surface area contributed by atoms with Gasteiger partial charge in [0.25, 0.3) is 0 Å². The van der Waals surface area contributed by atoms with Gasteiger partial charge in [-0.15, -0.1) is 0 Å². The Morgan fingerprint density at radius 2 is 1.91 bits per heavy atom. The maximum absolute atomic E-state index is 5.61. The monoisotopic (exact) mass is 236 g/mol. The highest BCUT2D eigenvalue weighted by molar-refractivity contribution is 9.10. The summed E-state index contributed by atoms with van der Waals surface area (Å²) >= 11 is 8.89. The molecule has 0 aliphatic rings. The largest absolute Gasteiger partial charge is 0.388 e. The molecule has 0 heterocycles. The predicted octanol–water partition coefficient (Wildman–Crippen LogP) is 3.37. The number of methoxy groups -OCH3 is 1. The van der Waals surface area contributed by atoms with Crippen LogP contribution in [0.4, 0.5) is 0 Å². The Labute approximate surface area is 80.5 Å². The second-order valence-electron chi connectivity index (χ2n) is 1.85. The molecule has 0 unspecified atom stereocenters. The van der Waals surface area contributed by atoms with Crippen LogP contribution >= 0.6 is 27.5 Å². The van der Waals surface area contributed by atoms with E-state index in [2.05, 4.69) is 20.7 Å². The van der Waals surface area contributed by atoms with Crippen LogP contribution < -0.4 is 0 Å². The number of benzene rings is 1. The van der Waals surface area contributed by atoms with Crippen LogP contribution in [0.25, 0.3) is 0 Å². The van der Waals surface area contributed by atoms with Crippen LogP contribution in [-0.2, 0) is 4.74 Å². The Balaban J connectivity index is 0.000000292.